The fraction of sp³-hybridized carbons (Fsp3) is 0.364. The molecule has 0 bridgehead atoms. The van der Waals surface area contributed by atoms with Gasteiger partial charge in [-0.05, 0) is 23.3 Å². The molecule has 0 spiro atoms. The molecule has 0 aliphatic carbocycles. The summed E-state index contributed by atoms with van der Waals surface area (Å²) in [5.74, 6) is 0. The zero-order valence-corrected chi connectivity index (χ0v) is 9.02. The molecule has 18 heavy (non-hydrogen) atoms. The number of rotatable bonds is 3. The first-order valence-corrected chi connectivity index (χ1v) is 4.88. The quantitative estimate of drug-likeness (QED) is 0.712. The molecule has 1 aromatic rings. The normalized spacial score (nSPS) is 14.9. The van der Waals surface area contributed by atoms with E-state index in [2.05, 4.69) is 0 Å². The van der Waals surface area contributed by atoms with Gasteiger partial charge in [-0.25, -0.2) is 0 Å². The molecule has 0 heterocycles. The highest BCUT2D eigenvalue weighted by molar-refractivity contribution is 5.35. The highest BCUT2D eigenvalue weighted by Crippen LogP contribution is 2.32. The van der Waals surface area contributed by atoms with Gasteiger partial charge in [-0.15, -0.1) is 0 Å². The Hall–Kier alpha value is -1.62. The maximum Gasteiger partial charge on any atom is 0.416 e. The molecule has 0 saturated carbocycles. The predicted octanol–water partition coefficient (Wildman–Crippen LogP) is 1.12. The number of nitrogens with zero attached hydrogens (tertiary/aromatic N) is 1. The van der Waals surface area contributed by atoms with E-state index in [1.807, 2.05) is 0 Å². The van der Waals surface area contributed by atoms with Crippen LogP contribution in [0.5, 0.6) is 0 Å². The first-order valence-electron chi connectivity index (χ1n) is 4.88. The molecule has 0 saturated heterocycles. The number of nitriles is 1. The molecule has 98 valence electrons. The van der Waals surface area contributed by atoms with Gasteiger partial charge in [0, 0.05) is 0 Å². The Labute approximate surface area is 101 Å². The van der Waals surface area contributed by atoms with Crippen molar-refractivity contribution in [3.8, 4) is 6.07 Å². The topological polar surface area (TPSA) is 84.5 Å². The maximum absolute atomic E-state index is 12.4. The number of benzene rings is 1. The molecule has 0 radical (unpaired) electrons. The van der Waals surface area contributed by atoms with Crippen LogP contribution in [0.15, 0.2) is 18.2 Å². The molecule has 0 aromatic heterocycles. The lowest BCUT2D eigenvalue weighted by Crippen LogP contribution is -2.18. The van der Waals surface area contributed by atoms with Crippen molar-refractivity contribution in [3.05, 3.63) is 34.9 Å². The Kier molecular flexibility index (Phi) is 4.29. The van der Waals surface area contributed by atoms with E-state index < -0.39 is 30.6 Å². The maximum atomic E-state index is 12.4. The van der Waals surface area contributed by atoms with Crippen LogP contribution in [-0.4, -0.2) is 21.4 Å². The number of aliphatic hydroxyl groups excluding tert-OH is 3. The minimum Gasteiger partial charge on any atom is -0.392 e. The van der Waals surface area contributed by atoms with Crippen molar-refractivity contribution < 1.29 is 28.5 Å². The van der Waals surface area contributed by atoms with Crippen molar-refractivity contribution in [3.63, 3.8) is 0 Å². The number of halogens is 3. The second-order valence-corrected chi connectivity index (χ2v) is 3.59. The number of alkyl halides is 3. The second kappa shape index (κ2) is 5.35. The molecular formula is C11H10F3NO3. The lowest BCUT2D eigenvalue weighted by Gasteiger charge is -2.17. The molecule has 1 aromatic carbocycles. The summed E-state index contributed by atoms with van der Waals surface area (Å²) in [7, 11) is 0. The van der Waals surface area contributed by atoms with Gasteiger partial charge in [0.15, 0.2) is 6.10 Å². The van der Waals surface area contributed by atoms with Crippen molar-refractivity contribution >= 4 is 0 Å². The lowest BCUT2D eigenvalue weighted by atomic mass is 9.97. The van der Waals surface area contributed by atoms with E-state index in [9.17, 15) is 18.3 Å². The summed E-state index contributed by atoms with van der Waals surface area (Å²) in [6.07, 6.45) is -8.01. The molecule has 0 aliphatic rings. The van der Waals surface area contributed by atoms with E-state index in [4.69, 9.17) is 15.5 Å². The summed E-state index contributed by atoms with van der Waals surface area (Å²) < 4.78 is 37.2. The Bertz CT molecular complexity index is 468. The average Bonchev–Trinajstić information content (AvgIpc) is 2.35. The van der Waals surface area contributed by atoms with Crippen LogP contribution in [0.1, 0.15) is 22.8 Å². The largest absolute Gasteiger partial charge is 0.416 e. The summed E-state index contributed by atoms with van der Waals surface area (Å²) in [5, 5.41) is 36.0. The summed E-state index contributed by atoms with van der Waals surface area (Å²) in [5.41, 5.74) is -1.28. The molecule has 0 aliphatic heterocycles. The number of hydrogen-bond acceptors (Lipinski definition) is 4. The van der Waals surface area contributed by atoms with Crippen LogP contribution in [0.2, 0.25) is 0 Å². The van der Waals surface area contributed by atoms with E-state index in [0.29, 0.717) is 12.1 Å². The monoisotopic (exact) mass is 261 g/mol. The Balaban J connectivity index is 3.20. The third-order valence-electron chi connectivity index (χ3n) is 2.39. The van der Waals surface area contributed by atoms with E-state index in [0.717, 1.165) is 6.07 Å². The minimum atomic E-state index is -4.57. The van der Waals surface area contributed by atoms with Crippen molar-refractivity contribution in [2.45, 2.75) is 25.0 Å². The first kappa shape index (κ1) is 14.4. The summed E-state index contributed by atoms with van der Waals surface area (Å²) >= 11 is 0. The highest BCUT2D eigenvalue weighted by atomic mass is 19.4. The van der Waals surface area contributed by atoms with Crippen LogP contribution in [0, 0.1) is 11.3 Å². The van der Waals surface area contributed by atoms with E-state index in [-0.39, 0.29) is 11.1 Å². The van der Waals surface area contributed by atoms with Crippen molar-refractivity contribution in [2.24, 2.45) is 0 Å². The van der Waals surface area contributed by atoms with Crippen LogP contribution < -0.4 is 0 Å². The fourth-order valence-corrected chi connectivity index (χ4v) is 1.45. The van der Waals surface area contributed by atoms with Gasteiger partial charge in [0.1, 0.15) is 6.10 Å². The fourth-order valence-electron chi connectivity index (χ4n) is 1.45. The highest BCUT2D eigenvalue weighted by Gasteiger charge is 2.32. The molecule has 4 nitrogen and oxygen atoms in total. The molecule has 1 rings (SSSR count). The zero-order chi connectivity index (χ0) is 13.9. The van der Waals surface area contributed by atoms with Crippen molar-refractivity contribution in [2.75, 3.05) is 0 Å². The molecule has 2 atom stereocenters. The van der Waals surface area contributed by atoms with Gasteiger partial charge in [-0.2, -0.15) is 18.4 Å². The van der Waals surface area contributed by atoms with Gasteiger partial charge >= 0.3 is 6.18 Å². The summed E-state index contributed by atoms with van der Waals surface area (Å²) in [6, 6.07) is 3.67. The Morgan fingerprint density at radius 2 is 1.89 bits per heavy atom. The smallest absolute Gasteiger partial charge is 0.392 e. The molecule has 2 unspecified atom stereocenters. The first-order chi connectivity index (χ1) is 8.31. The van der Waals surface area contributed by atoms with Gasteiger partial charge < -0.3 is 15.3 Å². The van der Waals surface area contributed by atoms with Crippen LogP contribution in [0.3, 0.4) is 0 Å². The predicted molar refractivity (Wildman–Crippen MR) is 53.9 cm³/mol. The zero-order valence-electron chi connectivity index (χ0n) is 9.02. The lowest BCUT2D eigenvalue weighted by molar-refractivity contribution is -0.137. The van der Waals surface area contributed by atoms with Crippen molar-refractivity contribution in [1.29, 1.82) is 5.26 Å². The van der Waals surface area contributed by atoms with Gasteiger partial charge in [0.2, 0.25) is 0 Å². The van der Waals surface area contributed by atoms with Gasteiger partial charge in [-0.1, -0.05) is 6.07 Å². The van der Waals surface area contributed by atoms with Gasteiger partial charge in [-0.3, -0.25) is 0 Å². The SMILES string of the molecule is N#CC(O)C(O)c1ccc(C(F)(F)F)cc1CO. The molecular weight excluding hydrogens is 251 g/mol. The number of aliphatic hydroxyl groups is 3. The minimum absolute atomic E-state index is 0.112. The molecule has 7 heteroatoms. The molecule has 0 amide bonds. The number of hydrogen-bond donors (Lipinski definition) is 3. The third kappa shape index (κ3) is 2.98. The average molecular weight is 261 g/mol. The standard InChI is InChI=1S/C11H10F3NO3/c12-11(13,14)7-1-2-8(6(3-7)5-16)10(18)9(17)4-15/h1-3,9-10,16-18H,5H2. The van der Waals surface area contributed by atoms with Crippen LogP contribution in [0.4, 0.5) is 13.2 Å². The van der Waals surface area contributed by atoms with Crippen LogP contribution in [-0.2, 0) is 12.8 Å². The third-order valence-corrected chi connectivity index (χ3v) is 2.39. The molecule has 3 N–H and O–H groups in total. The van der Waals surface area contributed by atoms with E-state index in [1.165, 1.54) is 6.07 Å². The second-order valence-electron chi connectivity index (χ2n) is 3.59. The Morgan fingerprint density at radius 3 is 2.33 bits per heavy atom. The summed E-state index contributed by atoms with van der Waals surface area (Å²) in [4.78, 5) is 0. The van der Waals surface area contributed by atoms with Crippen LogP contribution >= 0.6 is 0 Å². The van der Waals surface area contributed by atoms with Crippen molar-refractivity contribution in [1.82, 2.24) is 0 Å². The summed E-state index contributed by atoms with van der Waals surface area (Å²) in [6.45, 7) is -0.742. The van der Waals surface area contributed by atoms with E-state index >= 15 is 0 Å². The van der Waals surface area contributed by atoms with Gasteiger partial charge in [0.05, 0.1) is 18.2 Å². The molecule has 0 fully saturated rings. The van der Waals surface area contributed by atoms with Gasteiger partial charge in [0.25, 0.3) is 0 Å². The van der Waals surface area contributed by atoms with E-state index in [1.54, 1.807) is 0 Å². The Morgan fingerprint density at radius 1 is 1.28 bits per heavy atom. The van der Waals surface area contributed by atoms with Crippen LogP contribution in [0.25, 0.3) is 0 Å².